The van der Waals surface area contributed by atoms with E-state index in [4.69, 9.17) is 9.47 Å². The van der Waals surface area contributed by atoms with Crippen LogP contribution in [0.25, 0.3) is 0 Å². The van der Waals surface area contributed by atoms with Crippen molar-refractivity contribution in [1.29, 1.82) is 0 Å². The molecule has 2 saturated heterocycles. The maximum atomic E-state index is 10.5. The van der Waals surface area contributed by atoms with Gasteiger partial charge in [-0.05, 0) is 48.1 Å². The van der Waals surface area contributed by atoms with Gasteiger partial charge in [0.25, 0.3) is 0 Å². The maximum Gasteiger partial charge on any atom is 0.172 e. The summed E-state index contributed by atoms with van der Waals surface area (Å²) in [5.74, 6) is -0.569. The van der Waals surface area contributed by atoms with Crippen LogP contribution in [0.3, 0.4) is 0 Å². The Kier molecular flexibility index (Phi) is 3.78. The lowest BCUT2D eigenvalue weighted by atomic mass is 9.75. The highest BCUT2D eigenvalue weighted by molar-refractivity contribution is 5.05. The second kappa shape index (κ2) is 4.67. The van der Waals surface area contributed by atoms with Crippen LogP contribution in [0.5, 0.6) is 0 Å². The minimum atomic E-state index is -0.858. The molecule has 2 aliphatic rings. The Labute approximate surface area is 123 Å². The van der Waals surface area contributed by atoms with E-state index in [0.29, 0.717) is 13.0 Å². The summed E-state index contributed by atoms with van der Waals surface area (Å²) in [6.45, 7) is 13.2. The highest BCUT2D eigenvalue weighted by atomic mass is 16.7. The molecule has 0 amide bonds. The molecule has 4 heteroatoms. The van der Waals surface area contributed by atoms with Crippen molar-refractivity contribution in [2.45, 2.75) is 89.4 Å². The number of hydrogen-bond acceptors (Lipinski definition) is 4. The fourth-order valence-electron chi connectivity index (χ4n) is 3.85. The van der Waals surface area contributed by atoms with Gasteiger partial charge in [-0.1, -0.05) is 6.92 Å². The number of aliphatic hydroxyl groups is 1. The van der Waals surface area contributed by atoms with E-state index < -0.39 is 11.4 Å². The zero-order chi connectivity index (χ0) is 15.4. The van der Waals surface area contributed by atoms with E-state index in [2.05, 4.69) is 39.6 Å². The average Bonchev–Trinajstić information content (AvgIpc) is 2.31. The van der Waals surface area contributed by atoms with Crippen molar-refractivity contribution in [3.05, 3.63) is 0 Å². The SMILES string of the molecule is CCC1(O)COC2(CC(C)(C)N(C)C(C)(C)C2)OC1C. The van der Waals surface area contributed by atoms with Crippen molar-refractivity contribution in [2.75, 3.05) is 13.7 Å². The van der Waals surface area contributed by atoms with Crippen LogP contribution in [0.4, 0.5) is 0 Å². The summed E-state index contributed by atoms with van der Waals surface area (Å²) >= 11 is 0. The van der Waals surface area contributed by atoms with Gasteiger partial charge in [-0.2, -0.15) is 0 Å². The molecule has 2 fully saturated rings. The van der Waals surface area contributed by atoms with E-state index in [9.17, 15) is 5.11 Å². The summed E-state index contributed by atoms with van der Waals surface area (Å²) in [5.41, 5.74) is -0.852. The Morgan fingerprint density at radius 3 is 2.05 bits per heavy atom. The number of ether oxygens (including phenoxy) is 2. The largest absolute Gasteiger partial charge is 0.385 e. The van der Waals surface area contributed by atoms with Crippen LogP contribution in [0, 0.1) is 0 Å². The molecule has 0 saturated carbocycles. The van der Waals surface area contributed by atoms with Gasteiger partial charge in [-0.25, -0.2) is 0 Å². The lowest BCUT2D eigenvalue weighted by molar-refractivity contribution is -0.373. The number of nitrogens with zero attached hydrogens (tertiary/aromatic N) is 1. The first-order valence-electron chi connectivity index (χ1n) is 7.75. The van der Waals surface area contributed by atoms with Crippen molar-refractivity contribution in [3.8, 4) is 0 Å². The molecule has 1 N–H and O–H groups in total. The monoisotopic (exact) mass is 285 g/mol. The molecule has 20 heavy (non-hydrogen) atoms. The van der Waals surface area contributed by atoms with E-state index in [1.807, 2.05) is 13.8 Å². The van der Waals surface area contributed by atoms with Crippen molar-refractivity contribution in [3.63, 3.8) is 0 Å². The Bertz CT molecular complexity index is 362. The predicted octanol–water partition coefficient (Wildman–Crippen LogP) is 2.54. The maximum absolute atomic E-state index is 10.5. The highest BCUT2D eigenvalue weighted by Crippen LogP contribution is 2.48. The first-order chi connectivity index (χ1) is 8.96. The van der Waals surface area contributed by atoms with Crippen molar-refractivity contribution in [2.24, 2.45) is 0 Å². The summed E-state index contributed by atoms with van der Waals surface area (Å²) in [6.07, 6.45) is 2.10. The smallest absolute Gasteiger partial charge is 0.172 e. The lowest BCUT2D eigenvalue weighted by Crippen LogP contribution is -2.69. The normalized spacial score (nSPS) is 39.9. The molecule has 0 aromatic rings. The van der Waals surface area contributed by atoms with Crippen LogP contribution in [-0.2, 0) is 9.47 Å². The average molecular weight is 285 g/mol. The van der Waals surface area contributed by atoms with Crippen molar-refractivity contribution < 1.29 is 14.6 Å². The molecule has 0 bridgehead atoms. The lowest BCUT2D eigenvalue weighted by Gasteiger charge is -2.60. The molecule has 0 aliphatic carbocycles. The van der Waals surface area contributed by atoms with E-state index in [-0.39, 0.29) is 17.2 Å². The highest BCUT2D eigenvalue weighted by Gasteiger charge is 2.57. The molecule has 0 aromatic heterocycles. The zero-order valence-corrected chi connectivity index (χ0v) is 14.1. The number of rotatable bonds is 1. The van der Waals surface area contributed by atoms with Gasteiger partial charge in [-0.15, -0.1) is 0 Å². The Balaban J connectivity index is 2.25. The molecule has 0 aromatic carbocycles. The molecule has 2 atom stereocenters. The van der Waals surface area contributed by atoms with E-state index in [0.717, 1.165) is 12.8 Å². The summed E-state index contributed by atoms with van der Waals surface area (Å²) in [6, 6.07) is 0. The van der Waals surface area contributed by atoms with E-state index in [1.165, 1.54) is 0 Å². The van der Waals surface area contributed by atoms with Gasteiger partial charge in [0.1, 0.15) is 5.60 Å². The number of hydrogen-bond donors (Lipinski definition) is 1. The first kappa shape index (κ1) is 16.2. The van der Waals surface area contributed by atoms with Gasteiger partial charge in [0, 0.05) is 23.9 Å². The Hall–Kier alpha value is -0.160. The van der Waals surface area contributed by atoms with Crippen LogP contribution in [-0.4, -0.2) is 52.2 Å². The van der Waals surface area contributed by atoms with E-state index in [1.54, 1.807) is 0 Å². The number of piperidine rings is 1. The van der Waals surface area contributed by atoms with Crippen molar-refractivity contribution >= 4 is 0 Å². The molecule has 118 valence electrons. The molecule has 4 nitrogen and oxygen atoms in total. The Morgan fingerprint density at radius 2 is 1.65 bits per heavy atom. The van der Waals surface area contributed by atoms with Gasteiger partial charge in [0.2, 0.25) is 0 Å². The van der Waals surface area contributed by atoms with Crippen LogP contribution in [0.15, 0.2) is 0 Å². The second-order valence-corrected chi connectivity index (χ2v) is 7.95. The molecule has 2 unspecified atom stereocenters. The van der Waals surface area contributed by atoms with E-state index >= 15 is 0 Å². The number of likely N-dealkylation sites (tertiary alicyclic amines) is 1. The summed E-state index contributed by atoms with van der Waals surface area (Å²) in [5, 5.41) is 10.5. The van der Waals surface area contributed by atoms with Crippen molar-refractivity contribution in [1.82, 2.24) is 4.90 Å². The molecule has 0 radical (unpaired) electrons. The molecule has 2 heterocycles. The predicted molar refractivity (Wildman–Crippen MR) is 79.6 cm³/mol. The van der Waals surface area contributed by atoms with Gasteiger partial charge in [0.05, 0.1) is 12.7 Å². The topological polar surface area (TPSA) is 41.9 Å². The molecule has 2 aliphatic heterocycles. The van der Waals surface area contributed by atoms with Gasteiger partial charge in [0.15, 0.2) is 5.79 Å². The third kappa shape index (κ3) is 2.52. The third-order valence-electron chi connectivity index (χ3n) is 5.57. The van der Waals surface area contributed by atoms with Gasteiger partial charge >= 0.3 is 0 Å². The molecule has 1 spiro atoms. The first-order valence-corrected chi connectivity index (χ1v) is 7.75. The van der Waals surface area contributed by atoms with Gasteiger partial charge < -0.3 is 14.6 Å². The molecular formula is C16H31NO3. The summed E-state index contributed by atoms with van der Waals surface area (Å²) < 4.78 is 12.3. The van der Waals surface area contributed by atoms with Crippen LogP contribution in [0.1, 0.15) is 60.8 Å². The molecule has 2 rings (SSSR count). The van der Waals surface area contributed by atoms with Gasteiger partial charge in [-0.3, -0.25) is 4.90 Å². The molecular weight excluding hydrogens is 254 g/mol. The quantitative estimate of drug-likeness (QED) is 0.804. The second-order valence-electron chi connectivity index (χ2n) is 7.95. The fourth-order valence-corrected chi connectivity index (χ4v) is 3.85. The fraction of sp³-hybridized carbons (Fsp3) is 1.00. The summed E-state index contributed by atoms with van der Waals surface area (Å²) in [7, 11) is 2.17. The van der Waals surface area contributed by atoms with Crippen LogP contribution >= 0.6 is 0 Å². The standard InChI is InChI=1S/C16H31NO3/c1-8-15(18)11-19-16(20-12(15)2)9-13(3,4)17(7)14(5,6)10-16/h12,18H,8-11H2,1-7H3. The minimum Gasteiger partial charge on any atom is -0.385 e. The van der Waals surface area contributed by atoms with Crippen LogP contribution in [0.2, 0.25) is 0 Å². The van der Waals surface area contributed by atoms with Crippen LogP contribution < -0.4 is 0 Å². The minimum absolute atomic E-state index is 0.00312. The summed E-state index contributed by atoms with van der Waals surface area (Å²) in [4.78, 5) is 2.41. The third-order valence-corrected chi connectivity index (χ3v) is 5.57. The Morgan fingerprint density at radius 1 is 1.15 bits per heavy atom. The zero-order valence-electron chi connectivity index (χ0n) is 14.1.